The number of ether oxygens (including phenoxy) is 1. The number of nitrogens with zero attached hydrogens (tertiary/aromatic N) is 1. The Labute approximate surface area is 110 Å². The first-order valence-corrected chi connectivity index (χ1v) is 6.49. The average molecular weight is 257 g/mol. The zero-order valence-electron chi connectivity index (χ0n) is 11.8. The Morgan fingerprint density at radius 1 is 1.39 bits per heavy atom. The Kier molecular flexibility index (Phi) is 10.4. The lowest BCUT2D eigenvalue weighted by Crippen LogP contribution is -2.38. The Hall–Kier alpha value is -1.07. The molecule has 18 heavy (non-hydrogen) atoms. The second-order valence-corrected chi connectivity index (χ2v) is 4.47. The molecule has 5 heteroatoms. The Bertz CT molecular complexity index is 242. The molecule has 0 aromatic carbocycles. The molecule has 1 unspecified atom stereocenters. The van der Waals surface area contributed by atoms with Crippen LogP contribution in [-0.2, 0) is 4.74 Å². The van der Waals surface area contributed by atoms with Gasteiger partial charge < -0.3 is 20.5 Å². The second-order valence-electron chi connectivity index (χ2n) is 4.47. The zero-order chi connectivity index (χ0) is 13.8. The van der Waals surface area contributed by atoms with Crippen LogP contribution in [0.4, 0.5) is 0 Å². The summed E-state index contributed by atoms with van der Waals surface area (Å²) in [7, 11) is 0. The van der Waals surface area contributed by atoms with Crippen molar-refractivity contribution in [1.29, 1.82) is 0 Å². The number of hydrogen-bond donors (Lipinski definition) is 3. The van der Waals surface area contributed by atoms with Crippen molar-refractivity contribution in [2.24, 2.45) is 10.9 Å². The topological polar surface area (TPSA) is 65.9 Å². The molecule has 0 aromatic heterocycles. The predicted octanol–water partition coefficient (Wildman–Crippen LogP) is 0.761. The van der Waals surface area contributed by atoms with E-state index < -0.39 is 6.10 Å². The number of aliphatic imine (C=N–C) groups is 1. The summed E-state index contributed by atoms with van der Waals surface area (Å²) >= 11 is 0. The highest BCUT2D eigenvalue weighted by Gasteiger charge is 2.05. The molecule has 0 aromatic rings. The van der Waals surface area contributed by atoms with Gasteiger partial charge in [0.2, 0.25) is 0 Å². The molecule has 5 nitrogen and oxygen atoms in total. The van der Waals surface area contributed by atoms with Gasteiger partial charge in [-0.05, 0) is 12.8 Å². The summed E-state index contributed by atoms with van der Waals surface area (Å²) in [5.41, 5.74) is 0. The lowest BCUT2D eigenvalue weighted by molar-refractivity contribution is 0.0301. The molecule has 0 rings (SSSR count). The largest absolute Gasteiger partial charge is 0.389 e. The fourth-order valence-corrected chi connectivity index (χ4v) is 1.20. The molecule has 0 spiro atoms. The summed E-state index contributed by atoms with van der Waals surface area (Å²) in [5, 5.41) is 15.9. The molecule has 1 atom stereocenters. The first-order valence-electron chi connectivity index (χ1n) is 6.49. The van der Waals surface area contributed by atoms with Gasteiger partial charge in [0.05, 0.1) is 19.3 Å². The van der Waals surface area contributed by atoms with Gasteiger partial charge in [0.25, 0.3) is 0 Å². The Morgan fingerprint density at radius 3 is 2.67 bits per heavy atom. The van der Waals surface area contributed by atoms with Crippen LogP contribution in [-0.4, -0.2) is 50.0 Å². The summed E-state index contributed by atoms with van der Waals surface area (Å²) in [5.74, 6) is 1.16. The fraction of sp³-hybridized carbons (Fsp3) is 0.769. The maximum Gasteiger partial charge on any atom is 0.191 e. The van der Waals surface area contributed by atoms with Gasteiger partial charge in [-0.3, -0.25) is 4.99 Å². The minimum absolute atomic E-state index is 0.322. The SMILES string of the molecule is C=CCNC(=NCC(O)COCC(C)C)NCC. The van der Waals surface area contributed by atoms with Gasteiger partial charge in [0, 0.05) is 19.7 Å². The van der Waals surface area contributed by atoms with E-state index in [1.165, 1.54) is 0 Å². The molecular formula is C13H27N3O2. The first kappa shape index (κ1) is 16.9. The van der Waals surface area contributed by atoms with Crippen molar-refractivity contribution in [3.63, 3.8) is 0 Å². The summed E-state index contributed by atoms with van der Waals surface area (Å²) in [6.45, 7) is 12.5. The van der Waals surface area contributed by atoms with E-state index in [2.05, 4.69) is 36.1 Å². The van der Waals surface area contributed by atoms with Crippen LogP contribution in [0.5, 0.6) is 0 Å². The van der Waals surface area contributed by atoms with Crippen LogP contribution in [0.25, 0.3) is 0 Å². The summed E-state index contributed by atoms with van der Waals surface area (Å²) < 4.78 is 5.35. The van der Waals surface area contributed by atoms with Gasteiger partial charge in [0.15, 0.2) is 5.96 Å². The molecule has 0 aliphatic rings. The first-order chi connectivity index (χ1) is 8.60. The molecule has 0 radical (unpaired) electrons. The van der Waals surface area contributed by atoms with Gasteiger partial charge in [0.1, 0.15) is 0 Å². The molecule has 0 bridgehead atoms. The zero-order valence-corrected chi connectivity index (χ0v) is 11.8. The molecule has 0 aliphatic carbocycles. The highest BCUT2D eigenvalue weighted by atomic mass is 16.5. The molecule has 106 valence electrons. The van der Waals surface area contributed by atoms with Crippen LogP contribution in [0.1, 0.15) is 20.8 Å². The van der Waals surface area contributed by atoms with Crippen molar-refractivity contribution in [3.8, 4) is 0 Å². The van der Waals surface area contributed by atoms with Crippen molar-refractivity contribution in [2.75, 3.05) is 32.8 Å². The normalized spacial score (nSPS) is 13.5. The van der Waals surface area contributed by atoms with Crippen LogP contribution in [0.15, 0.2) is 17.6 Å². The number of aliphatic hydroxyl groups is 1. The van der Waals surface area contributed by atoms with Crippen molar-refractivity contribution >= 4 is 5.96 Å². The average Bonchev–Trinajstić information content (AvgIpc) is 2.32. The van der Waals surface area contributed by atoms with Crippen molar-refractivity contribution in [2.45, 2.75) is 26.9 Å². The third-order valence-corrected chi connectivity index (χ3v) is 1.98. The highest BCUT2D eigenvalue weighted by Crippen LogP contribution is 1.94. The quantitative estimate of drug-likeness (QED) is 0.324. The van der Waals surface area contributed by atoms with Crippen LogP contribution in [0.3, 0.4) is 0 Å². The second kappa shape index (κ2) is 11.0. The van der Waals surface area contributed by atoms with E-state index in [1.54, 1.807) is 6.08 Å². The number of guanidine groups is 1. The smallest absolute Gasteiger partial charge is 0.191 e. The molecule has 0 heterocycles. The Morgan fingerprint density at radius 2 is 2.11 bits per heavy atom. The summed E-state index contributed by atoms with van der Waals surface area (Å²) in [6, 6.07) is 0. The van der Waals surface area contributed by atoms with Gasteiger partial charge in [-0.15, -0.1) is 6.58 Å². The number of rotatable bonds is 9. The monoisotopic (exact) mass is 257 g/mol. The third-order valence-electron chi connectivity index (χ3n) is 1.98. The minimum atomic E-state index is -0.567. The van der Waals surface area contributed by atoms with Crippen molar-refractivity contribution in [3.05, 3.63) is 12.7 Å². The molecule has 0 saturated heterocycles. The van der Waals surface area contributed by atoms with Crippen LogP contribution in [0, 0.1) is 5.92 Å². The van der Waals surface area contributed by atoms with E-state index in [9.17, 15) is 5.11 Å². The molecule has 0 fully saturated rings. The van der Waals surface area contributed by atoms with E-state index in [1.807, 2.05) is 6.92 Å². The fourth-order valence-electron chi connectivity index (χ4n) is 1.20. The molecule has 0 amide bonds. The van der Waals surface area contributed by atoms with E-state index in [-0.39, 0.29) is 0 Å². The van der Waals surface area contributed by atoms with Crippen LogP contribution in [0.2, 0.25) is 0 Å². The van der Waals surface area contributed by atoms with E-state index in [0.29, 0.717) is 38.2 Å². The lowest BCUT2D eigenvalue weighted by Gasteiger charge is -2.13. The van der Waals surface area contributed by atoms with Gasteiger partial charge in [-0.2, -0.15) is 0 Å². The minimum Gasteiger partial charge on any atom is -0.389 e. The molecular weight excluding hydrogens is 230 g/mol. The number of hydrogen-bond acceptors (Lipinski definition) is 3. The van der Waals surface area contributed by atoms with Gasteiger partial charge in [-0.1, -0.05) is 19.9 Å². The third kappa shape index (κ3) is 10.1. The molecule has 0 aliphatic heterocycles. The predicted molar refractivity (Wildman–Crippen MR) is 75.8 cm³/mol. The van der Waals surface area contributed by atoms with E-state index in [4.69, 9.17) is 4.74 Å². The van der Waals surface area contributed by atoms with E-state index in [0.717, 1.165) is 6.54 Å². The highest BCUT2D eigenvalue weighted by molar-refractivity contribution is 5.79. The van der Waals surface area contributed by atoms with Gasteiger partial charge in [-0.25, -0.2) is 0 Å². The lowest BCUT2D eigenvalue weighted by atomic mass is 10.2. The molecule has 0 saturated carbocycles. The van der Waals surface area contributed by atoms with E-state index >= 15 is 0 Å². The van der Waals surface area contributed by atoms with Crippen molar-refractivity contribution in [1.82, 2.24) is 10.6 Å². The molecule has 3 N–H and O–H groups in total. The number of aliphatic hydroxyl groups excluding tert-OH is 1. The maximum atomic E-state index is 9.70. The Balaban J connectivity index is 3.92. The van der Waals surface area contributed by atoms with Crippen LogP contribution >= 0.6 is 0 Å². The van der Waals surface area contributed by atoms with Gasteiger partial charge >= 0.3 is 0 Å². The van der Waals surface area contributed by atoms with Crippen molar-refractivity contribution < 1.29 is 9.84 Å². The van der Waals surface area contributed by atoms with Crippen LogP contribution < -0.4 is 10.6 Å². The summed E-state index contributed by atoms with van der Waals surface area (Å²) in [6.07, 6.45) is 1.19. The number of nitrogens with one attached hydrogen (secondary N) is 2. The summed E-state index contributed by atoms with van der Waals surface area (Å²) in [4.78, 5) is 4.27. The standard InChI is InChI=1S/C13H27N3O2/c1-5-7-15-13(14-6-2)16-8-12(17)10-18-9-11(3)4/h5,11-12,17H,1,6-10H2,2-4H3,(H2,14,15,16). The maximum absolute atomic E-state index is 9.70.